The summed E-state index contributed by atoms with van der Waals surface area (Å²) >= 11 is 3.50. The fourth-order valence-corrected chi connectivity index (χ4v) is 4.04. The minimum Gasteiger partial charge on any atom is -0.371 e. The van der Waals surface area contributed by atoms with E-state index in [0.29, 0.717) is 0 Å². The number of pyridine rings is 1. The molecule has 0 saturated carbocycles. The fraction of sp³-hybridized carbons (Fsp3) is 0.500. The van der Waals surface area contributed by atoms with E-state index in [2.05, 4.69) is 37.3 Å². The van der Waals surface area contributed by atoms with Crippen molar-refractivity contribution < 1.29 is 4.74 Å². The number of fused-ring (bicyclic) bond motifs is 1. The number of hydrogen-bond acceptors (Lipinski definition) is 5. The van der Waals surface area contributed by atoms with Gasteiger partial charge in [-0.25, -0.2) is 9.97 Å². The molecule has 4 rings (SSSR count). The Kier molecular flexibility index (Phi) is 4.50. The van der Waals surface area contributed by atoms with Crippen molar-refractivity contribution in [2.75, 3.05) is 11.9 Å². The molecule has 1 aliphatic heterocycles. The molecule has 1 fully saturated rings. The summed E-state index contributed by atoms with van der Waals surface area (Å²) in [5.74, 6) is 1.85. The van der Waals surface area contributed by atoms with Gasteiger partial charge in [0.05, 0.1) is 6.04 Å². The Morgan fingerprint density at radius 2 is 2.08 bits per heavy atom. The van der Waals surface area contributed by atoms with Crippen LogP contribution in [0.4, 0.5) is 5.82 Å². The Hall–Kier alpha value is -1.53. The van der Waals surface area contributed by atoms with Crippen LogP contribution in [0.25, 0.3) is 0 Å². The van der Waals surface area contributed by atoms with Crippen LogP contribution in [0.3, 0.4) is 0 Å². The van der Waals surface area contributed by atoms with Gasteiger partial charge in [0, 0.05) is 40.3 Å². The van der Waals surface area contributed by atoms with Crippen LogP contribution in [0.2, 0.25) is 0 Å². The molecule has 0 unspecified atom stereocenters. The van der Waals surface area contributed by atoms with E-state index < -0.39 is 0 Å². The topological polar surface area (TPSA) is 59.9 Å². The molecule has 2 atom stereocenters. The SMILES string of the molecule is Cc1nc2c(c(N[C@H]3CCO[C@@H]3c3cncc(Br)c3)n1)CCCC2. The predicted octanol–water partition coefficient (Wildman–Crippen LogP) is 3.76. The summed E-state index contributed by atoms with van der Waals surface area (Å²) in [5.41, 5.74) is 3.61. The molecule has 1 aliphatic carbocycles. The van der Waals surface area contributed by atoms with Crippen LogP contribution in [0, 0.1) is 6.92 Å². The average Bonchev–Trinajstić information content (AvgIpc) is 3.03. The lowest BCUT2D eigenvalue weighted by Gasteiger charge is -2.24. The van der Waals surface area contributed by atoms with Crippen molar-refractivity contribution in [1.29, 1.82) is 0 Å². The van der Waals surface area contributed by atoms with E-state index in [9.17, 15) is 0 Å². The summed E-state index contributed by atoms with van der Waals surface area (Å²) in [5, 5.41) is 3.66. The molecule has 3 heterocycles. The summed E-state index contributed by atoms with van der Waals surface area (Å²) in [6.45, 7) is 2.72. The highest BCUT2D eigenvalue weighted by Gasteiger charge is 2.31. The smallest absolute Gasteiger partial charge is 0.133 e. The second kappa shape index (κ2) is 6.76. The standard InChI is InChI=1S/C18H21BrN4O/c1-11-21-15-5-3-2-4-14(15)18(22-11)23-16-6-7-24-17(16)12-8-13(19)10-20-9-12/h8-10,16-17H,2-7H2,1H3,(H,21,22,23)/t16-,17+/m0/s1. The number of ether oxygens (including phenoxy) is 1. The van der Waals surface area contributed by atoms with E-state index in [1.165, 1.54) is 24.1 Å². The van der Waals surface area contributed by atoms with E-state index in [-0.39, 0.29) is 12.1 Å². The number of nitrogens with zero attached hydrogens (tertiary/aromatic N) is 3. The van der Waals surface area contributed by atoms with Crippen LogP contribution in [-0.4, -0.2) is 27.6 Å². The van der Waals surface area contributed by atoms with Crippen LogP contribution in [0.1, 0.15) is 48.0 Å². The molecule has 0 bridgehead atoms. The van der Waals surface area contributed by atoms with Gasteiger partial charge in [-0.2, -0.15) is 0 Å². The molecule has 24 heavy (non-hydrogen) atoms. The van der Waals surface area contributed by atoms with Crippen LogP contribution in [-0.2, 0) is 17.6 Å². The first kappa shape index (κ1) is 16.0. The molecular weight excluding hydrogens is 368 g/mol. The van der Waals surface area contributed by atoms with Crippen molar-refractivity contribution in [2.45, 2.75) is 51.2 Å². The maximum atomic E-state index is 5.99. The number of halogens is 1. The molecule has 2 aromatic heterocycles. The summed E-state index contributed by atoms with van der Waals surface area (Å²) in [7, 11) is 0. The van der Waals surface area contributed by atoms with Gasteiger partial charge in [-0.3, -0.25) is 4.98 Å². The van der Waals surface area contributed by atoms with Gasteiger partial charge in [-0.05, 0) is 61.0 Å². The van der Waals surface area contributed by atoms with Gasteiger partial charge < -0.3 is 10.1 Å². The minimum atomic E-state index is 0.00418. The lowest BCUT2D eigenvalue weighted by Crippen LogP contribution is -2.26. The molecular formula is C18H21BrN4O. The number of nitrogens with one attached hydrogen (secondary N) is 1. The van der Waals surface area contributed by atoms with Gasteiger partial charge in [0.25, 0.3) is 0 Å². The van der Waals surface area contributed by atoms with Gasteiger partial charge in [0.15, 0.2) is 0 Å². The van der Waals surface area contributed by atoms with Crippen molar-refractivity contribution >= 4 is 21.7 Å². The molecule has 2 aliphatic rings. The fourth-order valence-electron chi connectivity index (χ4n) is 3.66. The number of aryl methyl sites for hydroxylation is 2. The zero-order chi connectivity index (χ0) is 16.5. The normalized spacial score (nSPS) is 23.1. The van der Waals surface area contributed by atoms with Crippen molar-refractivity contribution in [2.24, 2.45) is 0 Å². The van der Waals surface area contributed by atoms with E-state index in [4.69, 9.17) is 9.72 Å². The second-order valence-electron chi connectivity index (χ2n) is 6.52. The van der Waals surface area contributed by atoms with E-state index in [1.54, 1.807) is 6.20 Å². The van der Waals surface area contributed by atoms with Gasteiger partial charge in [-0.15, -0.1) is 0 Å². The van der Waals surface area contributed by atoms with E-state index in [0.717, 1.165) is 47.5 Å². The molecule has 0 radical (unpaired) electrons. The van der Waals surface area contributed by atoms with E-state index in [1.807, 2.05) is 13.1 Å². The Morgan fingerprint density at radius 3 is 2.96 bits per heavy atom. The van der Waals surface area contributed by atoms with Gasteiger partial charge in [0.1, 0.15) is 17.7 Å². The van der Waals surface area contributed by atoms with Crippen LogP contribution < -0.4 is 5.32 Å². The third-order valence-electron chi connectivity index (χ3n) is 4.76. The molecule has 5 nitrogen and oxygen atoms in total. The first-order chi connectivity index (χ1) is 11.7. The van der Waals surface area contributed by atoms with Crippen LogP contribution in [0.15, 0.2) is 22.9 Å². The lowest BCUT2D eigenvalue weighted by molar-refractivity contribution is 0.107. The highest BCUT2D eigenvalue weighted by Crippen LogP contribution is 2.34. The van der Waals surface area contributed by atoms with Crippen molar-refractivity contribution in [3.63, 3.8) is 0 Å². The molecule has 6 heteroatoms. The van der Waals surface area contributed by atoms with Crippen molar-refractivity contribution in [1.82, 2.24) is 15.0 Å². The number of hydrogen-bond donors (Lipinski definition) is 1. The largest absolute Gasteiger partial charge is 0.371 e. The monoisotopic (exact) mass is 388 g/mol. The summed E-state index contributed by atoms with van der Waals surface area (Å²) < 4.78 is 6.96. The Morgan fingerprint density at radius 1 is 1.21 bits per heavy atom. The second-order valence-corrected chi connectivity index (χ2v) is 7.43. The third-order valence-corrected chi connectivity index (χ3v) is 5.20. The number of rotatable bonds is 3. The highest BCUT2D eigenvalue weighted by atomic mass is 79.9. The van der Waals surface area contributed by atoms with Gasteiger partial charge in [0.2, 0.25) is 0 Å². The quantitative estimate of drug-likeness (QED) is 0.866. The van der Waals surface area contributed by atoms with Crippen molar-refractivity contribution in [3.8, 4) is 0 Å². The lowest BCUT2D eigenvalue weighted by atomic mass is 9.95. The Bertz CT molecular complexity index is 752. The summed E-state index contributed by atoms with van der Waals surface area (Å²) in [6.07, 6.45) is 9.22. The van der Waals surface area contributed by atoms with Crippen LogP contribution >= 0.6 is 15.9 Å². The summed E-state index contributed by atoms with van der Waals surface area (Å²) in [6, 6.07) is 2.29. The van der Waals surface area contributed by atoms with Gasteiger partial charge in [-0.1, -0.05) is 0 Å². The highest BCUT2D eigenvalue weighted by molar-refractivity contribution is 9.10. The molecule has 2 aromatic rings. The maximum absolute atomic E-state index is 5.99. The zero-order valence-corrected chi connectivity index (χ0v) is 15.3. The molecule has 0 aromatic carbocycles. The molecule has 126 valence electrons. The number of aromatic nitrogens is 3. The molecule has 1 saturated heterocycles. The zero-order valence-electron chi connectivity index (χ0n) is 13.8. The van der Waals surface area contributed by atoms with E-state index >= 15 is 0 Å². The van der Waals surface area contributed by atoms with Crippen molar-refractivity contribution in [3.05, 3.63) is 45.6 Å². The van der Waals surface area contributed by atoms with Gasteiger partial charge >= 0.3 is 0 Å². The predicted molar refractivity (Wildman–Crippen MR) is 96.1 cm³/mol. The number of anilines is 1. The Balaban J connectivity index is 1.62. The minimum absolute atomic E-state index is 0.00418. The molecule has 1 N–H and O–H groups in total. The molecule has 0 amide bonds. The average molecular weight is 389 g/mol. The Labute approximate surface area is 150 Å². The first-order valence-corrected chi connectivity index (χ1v) is 9.35. The maximum Gasteiger partial charge on any atom is 0.133 e. The first-order valence-electron chi connectivity index (χ1n) is 8.55. The van der Waals surface area contributed by atoms with Crippen LogP contribution in [0.5, 0.6) is 0 Å². The third kappa shape index (κ3) is 3.17. The summed E-state index contributed by atoms with van der Waals surface area (Å²) in [4.78, 5) is 13.6. The molecule has 0 spiro atoms.